The van der Waals surface area contributed by atoms with Gasteiger partial charge in [-0.1, -0.05) is 65.3 Å². The number of hydrogen-bond acceptors (Lipinski definition) is 0. The zero-order valence-corrected chi connectivity index (χ0v) is 32.2. The van der Waals surface area contributed by atoms with Crippen molar-refractivity contribution < 1.29 is 24.2 Å². The minimum atomic E-state index is 0.167. The molecule has 0 radical (unpaired) electrons. The molecule has 0 saturated heterocycles. The number of fused-ring (bicyclic) bond motifs is 3. The van der Waals surface area contributed by atoms with E-state index in [-0.39, 0.29) is 10.8 Å². The van der Waals surface area contributed by atoms with Crippen molar-refractivity contribution >= 4 is 48.4 Å². The summed E-state index contributed by atoms with van der Waals surface area (Å²) in [6.07, 6.45) is 11.0. The molecule has 4 aromatic carbocycles. The van der Waals surface area contributed by atoms with Crippen molar-refractivity contribution in [2.45, 2.75) is 65.2 Å². The van der Waals surface area contributed by atoms with Gasteiger partial charge in [0.2, 0.25) is 0 Å². The van der Waals surface area contributed by atoms with E-state index in [4.69, 9.17) is 0 Å². The first kappa shape index (κ1) is 33.5. The summed E-state index contributed by atoms with van der Waals surface area (Å²) in [5.41, 5.74) is 11.4. The topological polar surface area (TPSA) is 0 Å². The Bertz CT molecular complexity index is 1470. The van der Waals surface area contributed by atoms with E-state index >= 15 is 0 Å². The molecule has 0 spiro atoms. The standard InChI is InChI=1S/C21H25.C13H8I2.C5H5.Zr/c1-20(2,3)16-7-9-18-14(12-16)11-15-13-17(21(4,5)6)8-10-19(15)18;14-12-5-1-10(2-6-12)9-11-3-7-13(15)8-4-11;1-2-4-5-3-1;/h7-10,12H,11H2,1-6H3;1-8H;1-3H,4H2;/q-1;;-1;+2. The number of rotatable bonds is 2. The number of hydrogen-bond donors (Lipinski definition) is 0. The molecule has 42 heavy (non-hydrogen) atoms. The first-order valence-electron chi connectivity index (χ1n) is 14.3. The van der Waals surface area contributed by atoms with E-state index in [1.165, 1.54) is 79.1 Å². The maximum absolute atomic E-state index is 3.67. The molecule has 212 valence electrons. The van der Waals surface area contributed by atoms with Crippen LogP contribution < -0.4 is 0 Å². The molecule has 0 nitrogen and oxygen atoms in total. The predicted molar refractivity (Wildman–Crippen MR) is 194 cm³/mol. The van der Waals surface area contributed by atoms with Crippen LogP contribution in [0.1, 0.15) is 81.3 Å². The fourth-order valence-corrected chi connectivity index (χ4v) is 6.31. The van der Waals surface area contributed by atoms with Gasteiger partial charge < -0.3 is 0 Å². The Hall–Kier alpha value is -1.43. The van der Waals surface area contributed by atoms with E-state index in [1.54, 1.807) is 0 Å². The van der Waals surface area contributed by atoms with Gasteiger partial charge in [0.05, 0.1) is 0 Å². The fourth-order valence-electron chi connectivity index (χ4n) is 4.77. The van der Waals surface area contributed by atoms with Gasteiger partial charge >= 0.3 is 139 Å². The van der Waals surface area contributed by atoms with E-state index in [0.29, 0.717) is 0 Å². The number of allylic oxidation sites excluding steroid dienone is 4. The summed E-state index contributed by atoms with van der Waals surface area (Å²) >= 11 is 6.13. The van der Waals surface area contributed by atoms with Crippen LogP contribution >= 0.6 is 45.2 Å². The molecule has 0 saturated carbocycles. The van der Waals surface area contributed by atoms with E-state index in [2.05, 4.69) is 184 Å². The van der Waals surface area contributed by atoms with Crippen molar-refractivity contribution in [1.82, 2.24) is 0 Å². The van der Waals surface area contributed by atoms with Crippen LogP contribution in [0.3, 0.4) is 0 Å². The van der Waals surface area contributed by atoms with Crippen molar-refractivity contribution in [3.63, 3.8) is 0 Å². The van der Waals surface area contributed by atoms with Crippen molar-refractivity contribution in [2.75, 3.05) is 0 Å². The van der Waals surface area contributed by atoms with Gasteiger partial charge in [-0.15, -0.1) is 17.5 Å². The van der Waals surface area contributed by atoms with Gasteiger partial charge in [-0.25, -0.2) is 12.2 Å². The molecule has 0 N–H and O–H groups in total. The molecule has 3 heteroatoms. The summed E-state index contributed by atoms with van der Waals surface area (Å²) in [5.74, 6) is 0. The quantitative estimate of drug-likeness (QED) is 0.123. The van der Waals surface area contributed by atoms with E-state index in [0.717, 1.165) is 12.8 Å². The normalized spacial score (nSPS) is 13.0. The van der Waals surface area contributed by atoms with E-state index in [1.807, 2.05) is 12.2 Å². The minimum absolute atomic E-state index is 0.167. The Morgan fingerprint density at radius 2 is 1.29 bits per heavy atom. The number of benzene rings is 4. The molecule has 0 amide bonds. The molecule has 6 rings (SSSR count). The molecule has 0 unspecified atom stereocenters. The van der Waals surface area contributed by atoms with Gasteiger partial charge in [-0.05, 0) is 28.4 Å². The Morgan fingerprint density at radius 1 is 0.714 bits per heavy atom. The van der Waals surface area contributed by atoms with Gasteiger partial charge in [0.1, 0.15) is 0 Å². The fraction of sp³-hybridized carbons (Fsp3) is 0.256. The van der Waals surface area contributed by atoms with Crippen molar-refractivity contribution in [3.05, 3.63) is 150 Å². The Labute approximate surface area is 295 Å². The van der Waals surface area contributed by atoms with Gasteiger partial charge in [-0.2, -0.15) is 29.8 Å². The summed E-state index contributed by atoms with van der Waals surface area (Å²) in [6.45, 7) is 13.6. The van der Waals surface area contributed by atoms with Crippen LogP contribution in [0.15, 0.2) is 97.1 Å². The zero-order chi connectivity index (χ0) is 30.5. The monoisotopic (exact) mass is 850 g/mol. The van der Waals surface area contributed by atoms with E-state index < -0.39 is 0 Å². The van der Waals surface area contributed by atoms with Crippen LogP contribution in [0.2, 0.25) is 0 Å². The second-order valence-electron chi connectivity index (χ2n) is 12.7. The molecule has 2 aliphatic carbocycles. The van der Waals surface area contributed by atoms with Crippen LogP contribution in [-0.2, 0) is 41.5 Å². The first-order chi connectivity index (χ1) is 19.8. The van der Waals surface area contributed by atoms with Crippen molar-refractivity contribution in [3.8, 4) is 11.1 Å². The average Bonchev–Trinajstić information content (AvgIpc) is 3.64. The summed E-state index contributed by atoms with van der Waals surface area (Å²) in [4.78, 5) is 0. The SMILES string of the molecule is CC(C)(C)c1[c-]c2c(cc1)-c1ccc(C(C)(C)C)cc1C2.[C-]1=CC=CC1.[Zr+2]=[C](c1ccc(I)cc1)c1ccc(I)cc1. The predicted octanol–water partition coefficient (Wildman–Crippen LogP) is 11.0. The summed E-state index contributed by atoms with van der Waals surface area (Å²) in [6, 6.07) is 32.6. The van der Waals surface area contributed by atoms with Crippen LogP contribution in [0, 0.1) is 19.3 Å². The zero-order valence-electron chi connectivity index (χ0n) is 25.4. The Kier molecular flexibility index (Phi) is 11.6. The van der Waals surface area contributed by atoms with Crippen LogP contribution in [0.25, 0.3) is 11.1 Å². The van der Waals surface area contributed by atoms with Crippen LogP contribution in [0.5, 0.6) is 0 Å². The molecular weight excluding hydrogens is 813 g/mol. The molecule has 4 aromatic rings. The molecule has 0 fully saturated rings. The van der Waals surface area contributed by atoms with Crippen molar-refractivity contribution in [2.24, 2.45) is 0 Å². The maximum atomic E-state index is 3.67. The molecular formula is C39H38I2Zr. The third-order valence-electron chi connectivity index (χ3n) is 7.32. The molecule has 0 heterocycles. The van der Waals surface area contributed by atoms with Gasteiger partial charge in [-0.3, -0.25) is 6.08 Å². The van der Waals surface area contributed by atoms with Gasteiger partial charge in [0.15, 0.2) is 0 Å². The molecule has 0 bridgehead atoms. The summed E-state index contributed by atoms with van der Waals surface area (Å²) in [5, 5.41) is 0. The first-order valence-corrected chi connectivity index (χ1v) is 17.7. The molecule has 0 aromatic heterocycles. The van der Waals surface area contributed by atoms with Crippen LogP contribution in [0.4, 0.5) is 0 Å². The van der Waals surface area contributed by atoms with Crippen molar-refractivity contribution in [1.29, 1.82) is 0 Å². The molecule has 0 aliphatic heterocycles. The van der Waals surface area contributed by atoms with Gasteiger partial charge in [0.25, 0.3) is 0 Å². The Balaban J connectivity index is 0.000000170. The van der Waals surface area contributed by atoms with Gasteiger partial charge in [0, 0.05) is 0 Å². The molecule has 0 atom stereocenters. The summed E-state index contributed by atoms with van der Waals surface area (Å²) < 4.78 is 3.99. The van der Waals surface area contributed by atoms with Crippen LogP contribution in [-0.4, -0.2) is 3.21 Å². The summed E-state index contributed by atoms with van der Waals surface area (Å²) in [7, 11) is 0. The third-order valence-corrected chi connectivity index (χ3v) is 10.2. The second kappa shape index (κ2) is 14.6. The second-order valence-corrected chi connectivity index (χ2v) is 16.4. The molecule has 2 aliphatic rings. The average molecular weight is 852 g/mol. The number of halogens is 2. The van der Waals surface area contributed by atoms with E-state index in [9.17, 15) is 0 Å². The third kappa shape index (κ3) is 9.05. The Morgan fingerprint density at radius 3 is 1.74 bits per heavy atom.